The van der Waals surface area contributed by atoms with Crippen LogP contribution in [-0.4, -0.2) is 94.4 Å². The molecule has 0 aliphatic carbocycles. The Labute approximate surface area is 298 Å². The van der Waals surface area contributed by atoms with E-state index in [0.717, 1.165) is 44.1 Å². The van der Waals surface area contributed by atoms with Crippen molar-refractivity contribution in [3.05, 3.63) is 35.9 Å². The molecule has 4 N–H and O–H groups in total. The molecule has 4 amide bonds. The Bertz CT molecular complexity index is 1010. The van der Waals surface area contributed by atoms with Gasteiger partial charge in [0.2, 0.25) is 23.6 Å². The normalized spacial score (nSPS) is 11.1. The molecule has 50 heavy (non-hydrogen) atoms. The van der Waals surface area contributed by atoms with E-state index in [4.69, 9.17) is 18.9 Å². The molecular weight excluding hydrogens is 644 g/mol. The molecule has 0 unspecified atom stereocenters. The molecule has 0 spiro atoms. The van der Waals surface area contributed by atoms with Gasteiger partial charge in [-0.2, -0.15) is 0 Å². The summed E-state index contributed by atoms with van der Waals surface area (Å²) >= 11 is 0. The number of hydrogen-bond donors (Lipinski definition) is 4. The second-order valence-electron chi connectivity index (χ2n) is 12.3. The minimum absolute atomic E-state index is 0.0295. The van der Waals surface area contributed by atoms with E-state index in [2.05, 4.69) is 21.3 Å². The fourth-order valence-electron chi connectivity index (χ4n) is 4.57. The summed E-state index contributed by atoms with van der Waals surface area (Å²) in [5.41, 5.74) is -0.320. The predicted molar refractivity (Wildman–Crippen MR) is 191 cm³/mol. The average Bonchev–Trinajstić information content (AvgIpc) is 3.10. The summed E-state index contributed by atoms with van der Waals surface area (Å²) < 4.78 is 23.1. The van der Waals surface area contributed by atoms with Crippen molar-refractivity contribution in [2.24, 2.45) is 0 Å². The van der Waals surface area contributed by atoms with Crippen molar-refractivity contribution in [1.29, 1.82) is 0 Å². The van der Waals surface area contributed by atoms with Crippen molar-refractivity contribution < 1.29 is 42.9 Å². The van der Waals surface area contributed by atoms with E-state index in [-0.39, 0.29) is 108 Å². The number of unbranched alkanes of at least 4 members (excludes halogenated alkanes) is 3. The van der Waals surface area contributed by atoms with Crippen molar-refractivity contribution in [3.63, 3.8) is 0 Å². The molecule has 1 aromatic rings. The zero-order chi connectivity index (χ0) is 36.7. The number of nitrogens with one attached hydrogen (secondary N) is 4. The largest absolute Gasteiger partial charge is 0.461 e. The molecule has 1 aromatic carbocycles. The highest BCUT2D eigenvalue weighted by atomic mass is 16.5. The summed E-state index contributed by atoms with van der Waals surface area (Å²) in [7, 11) is 0. The van der Waals surface area contributed by atoms with Crippen molar-refractivity contribution in [1.82, 2.24) is 21.3 Å². The van der Waals surface area contributed by atoms with Crippen molar-refractivity contribution in [2.75, 3.05) is 59.3 Å². The topological polar surface area (TPSA) is 170 Å². The van der Waals surface area contributed by atoms with Crippen LogP contribution < -0.4 is 21.3 Å². The van der Waals surface area contributed by atoms with Gasteiger partial charge < -0.3 is 40.2 Å². The minimum atomic E-state index is -1.19. The lowest BCUT2D eigenvalue weighted by atomic mass is 10.0. The molecule has 0 aliphatic heterocycles. The second kappa shape index (κ2) is 29.2. The number of ether oxygens (including phenoxy) is 4. The van der Waals surface area contributed by atoms with Crippen LogP contribution in [-0.2, 0) is 49.5 Å². The van der Waals surface area contributed by atoms with Gasteiger partial charge in [-0.3, -0.25) is 24.0 Å². The fraction of sp³-hybridized carbons (Fsp3) is 0.703. The first kappa shape index (κ1) is 44.5. The molecule has 1 rings (SSSR count). The third-order valence-electron chi connectivity index (χ3n) is 7.54. The molecular formula is C37H62N4O9. The first-order chi connectivity index (χ1) is 24.2. The molecule has 13 heteroatoms. The lowest BCUT2D eigenvalue weighted by Gasteiger charge is -2.34. The van der Waals surface area contributed by atoms with Gasteiger partial charge in [0.15, 0.2) is 0 Å². The molecule has 284 valence electrons. The van der Waals surface area contributed by atoms with E-state index in [1.165, 1.54) is 0 Å². The zero-order valence-electron chi connectivity index (χ0n) is 30.6. The molecule has 0 fully saturated rings. The number of amides is 4. The summed E-state index contributed by atoms with van der Waals surface area (Å²) in [6, 6.07) is 9.34. The van der Waals surface area contributed by atoms with Crippen molar-refractivity contribution in [3.8, 4) is 0 Å². The number of rotatable bonds is 31. The Hall–Kier alpha value is -3.55. The van der Waals surface area contributed by atoms with E-state index < -0.39 is 11.5 Å². The molecule has 0 atom stereocenters. The molecule has 0 bridgehead atoms. The highest BCUT2D eigenvalue weighted by Gasteiger charge is 2.34. The van der Waals surface area contributed by atoms with Gasteiger partial charge in [0.25, 0.3) is 0 Å². The van der Waals surface area contributed by atoms with Crippen molar-refractivity contribution in [2.45, 2.75) is 110 Å². The van der Waals surface area contributed by atoms with Crippen LogP contribution >= 0.6 is 0 Å². The van der Waals surface area contributed by atoms with Gasteiger partial charge >= 0.3 is 5.97 Å². The summed E-state index contributed by atoms with van der Waals surface area (Å²) in [5, 5.41) is 11.5. The molecule has 0 aliphatic rings. The Morgan fingerprint density at radius 3 is 1.42 bits per heavy atom. The van der Waals surface area contributed by atoms with E-state index in [9.17, 15) is 24.0 Å². The lowest BCUT2D eigenvalue weighted by molar-refractivity contribution is -0.145. The maximum absolute atomic E-state index is 13.3. The summed E-state index contributed by atoms with van der Waals surface area (Å²) in [6.45, 7) is 8.22. The Morgan fingerprint density at radius 1 is 0.560 bits per heavy atom. The molecule has 0 saturated heterocycles. The number of carbonyl (C=O) groups is 5. The van der Waals surface area contributed by atoms with Crippen LogP contribution in [0.2, 0.25) is 0 Å². The number of carbonyl (C=O) groups excluding carboxylic acids is 5. The smallest absolute Gasteiger partial charge is 0.306 e. The Kier molecular flexibility index (Phi) is 26.0. The maximum Gasteiger partial charge on any atom is 0.306 e. The van der Waals surface area contributed by atoms with Gasteiger partial charge in [-0.25, -0.2) is 0 Å². The van der Waals surface area contributed by atoms with Gasteiger partial charge in [-0.15, -0.1) is 0 Å². The monoisotopic (exact) mass is 706 g/mol. The average molecular weight is 707 g/mol. The standard InChI is InChI=1S/C37H62N4O9/c1-4-7-21-38-32(42)18-24-47-28-37(29-48-25-19-33(43)39-22-8-5-2,30-49-26-20-34(44)40-23-9-6-3)41-35(45)16-13-17-36(46)50-27-31-14-11-10-12-15-31/h10-12,14-15H,4-9,13,16-30H2,1-3H3,(H,38,42)(H,39,43)(H,40,44)(H,41,45). The van der Waals surface area contributed by atoms with E-state index in [1.807, 2.05) is 51.1 Å². The SMILES string of the molecule is CCCCNC(=O)CCOCC(COCCC(=O)NCCCC)(COCCC(=O)NCCCC)NC(=O)CCCC(=O)OCc1ccccc1. The Balaban J connectivity index is 2.88. The molecule has 13 nitrogen and oxygen atoms in total. The fourth-order valence-corrected chi connectivity index (χ4v) is 4.57. The van der Waals surface area contributed by atoms with Crippen molar-refractivity contribution >= 4 is 29.6 Å². The third-order valence-corrected chi connectivity index (χ3v) is 7.54. The van der Waals surface area contributed by atoms with Gasteiger partial charge in [-0.05, 0) is 31.2 Å². The lowest BCUT2D eigenvalue weighted by Crippen LogP contribution is -2.58. The second-order valence-corrected chi connectivity index (χ2v) is 12.3. The number of benzene rings is 1. The first-order valence-electron chi connectivity index (χ1n) is 18.3. The van der Waals surface area contributed by atoms with E-state index in [1.54, 1.807) is 0 Å². The van der Waals surface area contributed by atoms with Gasteiger partial charge in [-0.1, -0.05) is 70.4 Å². The number of hydrogen-bond acceptors (Lipinski definition) is 9. The number of esters is 1. The summed E-state index contributed by atoms with van der Waals surface area (Å²) in [6.07, 6.45) is 6.30. The molecule has 0 aromatic heterocycles. The van der Waals surface area contributed by atoms with E-state index in [0.29, 0.717) is 19.6 Å². The molecule has 0 radical (unpaired) electrons. The minimum Gasteiger partial charge on any atom is -0.461 e. The van der Waals surface area contributed by atoms with Crippen LogP contribution in [0.5, 0.6) is 0 Å². The third kappa shape index (κ3) is 23.7. The molecule has 0 heterocycles. The van der Waals surface area contributed by atoms with Gasteiger partial charge in [0.05, 0.1) is 39.6 Å². The maximum atomic E-state index is 13.3. The Morgan fingerprint density at radius 2 is 1.00 bits per heavy atom. The van der Waals surface area contributed by atoms with Crippen LogP contribution in [0.4, 0.5) is 0 Å². The highest BCUT2D eigenvalue weighted by molar-refractivity contribution is 5.78. The van der Waals surface area contributed by atoms with E-state index >= 15 is 0 Å². The summed E-state index contributed by atoms with van der Waals surface area (Å²) in [4.78, 5) is 62.3. The first-order valence-corrected chi connectivity index (χ1v) is 18.3. The van der Waals surface area contributed by atoms with Crippen LogP contribution in [0.3, 0.4) is 0 Å². The summed E-state index contributed by atoms with van der Waals surface area (Å²) in [5.74, 6) is -1.17. The zero-order valence-corrected chi connectivity index (χ0v) is 30.6. The van der Waals surface area contributed by atoms with Crippen LogP contribution in [0.25, 0.3) is 0 Å². The van der Waals surface area contributed by atoms with Gasteiger partial charge in [0, 0.05) is 51.7 Å². The quantitative estimate of drug-likeness (QED) is 0.0664. The molecule has 0 saturated carbocycles. The van der Waals surface area contributed by atoms with Gasteiger partial charge in [0.1, 0.15) is 12.1 Å². The van der Waals surface area contributed by atoms with Crippen LogP contribution in [0.15, 0.2) is 30.3 Å². The van der Waals surface area contributed by atoms with Crippen LogP contribution in [0.1, 0.15) is 103 Å². The highest BCUT2D eigenvalue weighted by Crippen LogP contribution is 2.12. The van der Waals surface area contributed by atoms with Crippen LogP contribution in [0, 0.1) is 0 Å². The predicted octanol–water partition coefficient (Wildman–Crippen LogP) is 3.72.